The fraction of sp³-hybridized carbons (Fsp3) is 0.467. The number of aromatic nitrogens is 2. The average molecular weight is 383 g/mol. The van der Waals surface area contributed by atoms with Gasteiger partial charge in [0, 0.05) is 9.99 Å². The topological polar surface area (TPSA) is 51.0 Å². The Morgan fingerprint density at radius 2 is 2.35 bits per heavy atom. The summed E-state index contributed by atoms with van der Waals surface area (Å²) in [7, 11) is 0. The third kappa shape index (κ3) is 3.03. The number of hydrogen-bond donors (Lipinski definition) is 1. The molecule has 0 radical (unpaired) electrons. The van der Waals surface area contributed by atoms with Gasteiger partial charge in [0.2, 0.25) is 0 Å². The molecule has 0 bridgehead atoms. The molecule has 3 rings (SSSR count). The van der Waals surface area contributed by atoms with Crippen LogP contribution in [0.15, 0.2) is 22.7 Å². The predicted octanol–water partition coefficient (Wildman–Crippen LogP) is 3.19. The standard InChI is InChI=1S/C15H18IN3O/c1-10-4-2-6-12(14(10)16)15-18-13(19-20-15)8-11-5-3-7-17-9-11/h2,4,6,11,17H,3,5,7-9H2,1H3. The van der Waals surface area contributed by atoms with E-state index in [1.165, 1.54) is 22.0 Å². The predicted molar refractivity (Wildman–Crippen MR) is 86.5 cm³/mol. The zero-order valence-corrected chi connectivity index (χ0v) is 13.7. The monoisotopic (exact) mass is 383 g/mol. The summed E-state index contributed by atoms with van der Waals surface area (Å²) in [6.07, 6.45) is 3.39. The van der Waals surface area contributed by atoms with Gasteiger partial charge in [0.1, 0.15) is 0 Å². The molecular weight excluding hydrogens is 365 g/mol. The Morgan fingerprint density at radius 1 is 1.45 bits per heavy atom. The SMILES string of the molecule is Cc1cccc(-c2nc(CC3CCCNC3)no2)c1I. The second kappa shape index (κ2) is 6.22. The minimum absolute atomic E-state index is 0.630. The highest BCUT2D eigenvalue weighted by atomic mass is 127. The highest BCUT2D eigenvalue weighted by Crippen LogP contribution is 2.26. The van der Waals surface area contributed by atoms with Crippen LogP contribution in [0, 0.1) is 16.4 Å². The van der Waals surface area contributed by atoms with Gasteiger partial charge in [-0.25, -0.2) is 0 Å². The van der Waals surface area contributed by atoms with E-state index in [1.807, 2.05) is 12.1 Å². The average Bonchev–Trinajstić information content (AvgIpc) is 2.91. The maximum atomic E-state index is 5.44. The molecule has 1 unspecified atom stereocenters. The molecule has 0 amide bonds. The van der Waals surface area contributed by atoms with Gasteiger partial charge >= 0.3 is 0 Å². The lowest BCUT2D eigenvalue weighted by atomic mass is 9.96. The fourth-order valence-corrected chi connectivity index (χ4v) is 3.21. The third-order valence-electron chi connectivity index (χ3n) is 3.76. The van der Waals surface area contributed by atoms with E-state index in [-0.39, 0.29) is 0 Å². The maximum Gasteiger partial charge on any atom is 0.259 e. The summed E-state index contributed by atoms with van der Waals surface area (Å²) in [6, 6.07) is 6.16. The Balaban J connectivity index is 1.77. The van der Waals surface area contributed by atoms with E-state index < -0.39 is 0 Å². The zero-order valence-electron chi connectivity index (χ0n) is 11.5. The summed E-state index contributed by atoms with van der Waals surface area (Å²) >= 11 is 2.34. The lowest BCUT2D eigenvalue weighted by Gasteiger charge is -2.20. The van der Waals surface area contributed by atoms with Crippen molar-refractivity contribution in [3.05, 3.63) is 33.2 Å². The number of benzene rings is 1. The Hall–Kier alpha value is -0.950. The van der Waals surface area contributed by atoms with Crippen molar-refractivity contribution in [1.29, 1.82) is 0 Å². The first-order valence-corrected chi connectivity index (χ1v) is 8.10. The smallest absolute Gasteiger partial charge is 0.259 e. The highest BCUT2D eigenvalue weighted by molar-refractivity contribution is 14.1. The Kier molecular flexibility index (Phi) is 4.35. The van der Waals surface area contributed by atoms with E-state index in [4.69, 9.17) is 4.52 Å². The van der Waals surface area contributed by atoms with Gasteiger partial charge in [0.05, 0.1) is 5.56 Å². The highest BCUT2D eigenvalue weighted by Gasteiger charge is 2.18. The first-order valence-electron chi connectivity index (χ1n) is 7.03. The van der Waals surface area contributed by atoms with Crippen molar-refractivity contribution < 1.29 is 4.52 Å². The van der Waals surface area contributed by atoms with E-state index in [0.717, 1.165) is 30.9 Å². The van der Waals surface area contributed by atoms with Crippen LogP contribution in [0.2, 0.25) is 0 Å². The molecule has 5 heteroatoms. The van der Waals surface area contributed by atoms with E-state index in [9.17, 15) is 0 Å². The first kappa shape index (κ1) is 14.0. The molecule has 0 saturated carbocycles. The van der Waals surface area contributed by atoms with Crippen molar-refractivity contribution in [3.63, 3.8) is 0 Å². The van der Waals surface area contributed by atoms with Gasteiger partial charge in [0.15, 0.2) is 5.82 Å². The van der Waals surface area contributed by atoms with E-state index >= 15 is 0 Å². The molecule has 1 aliphatic heterocycles. The summed E-state index contributed by atoms with van der Waals surface area (Å²) < 4.78 is 6.62. The fourth-order valence-electron chi connectivity index (χ4n) is 2.62. The third-order valence-corrected chi connectivity index (χ3v) is 5.19. The minimum atomic E-state index is 0.630. The van der Waals surface area contributed by atoms with Crippen LogP contribution in [0.1, 0.15) is 24.2 Å². The van der Waals surface area contributed by atoms with Crippen LogP contribution in [-0.4, -0.2) is 23.2 Å². The normalized spacial score (nSPS) is 19.2. The van der Waals surface area contributed by atoms with Gasteiger partial charge < -0.3 is 9.84 Å². The van der Waals surface area contributed by atoms with Gasteiger partial charge in [-0.15, -0.1) is 0 Å². The van der Waals surface area contributed by atoms with Crippen molar-refractivity contribution in [2.45, 2.75) is 26.2 Å². The van der Waals surface area contributed by atoms with Crippen LogP contribution in [0.4, 0.5) is 0 Å². The number of rotatable bonds is 3. The molecule has 2 aromatic rings. The molecule has 1 fully saturated rings. The van der Waals surface area contributed by atoms with Crippen LogP contribution < -0.4 is 5.32 Å². The van der Waals surface area contributed by atoms with Crippen molar-refractivity contribution in [3.8, 4) is 11.5 Å². The van der Waals surface area contributed by atoms with E-state index in [2.05, 4.69) is 51.0 Å². The summed E-state index contributed by atoms with van der Waals surface area (Å²) in [5.74, 6) is 2.09. The largest absolute Gasteiger partial charge is 0.334 e. The summed E-state index contributed by atoms with van der Waals surface area (Å²) in [4.78, 5) is 4.57. The van der Waals surface area contributed by atoms with Crippen molar-refractivity contribution in [2.75, 3.05) is 13.1 Å². The lowest BCUT2D eigenvalue weighted by molar-refractivity contribution is 0.360. The zero-order chi connectivity index (χ0) is 13.9. The summed E-state index contributed by atoms with van der Waals surface area (Å²) in [6.45, 7) is 4.29. The number of nitrogens with one attached hydrogen (secondary N) is 1. The Bertz CT molecular complexity index is 591. The molecule has 1 aliphatic rings. The number of halogens is 1. The maximum absolute atomic E-state index is 5.44. The second-order valence-corrected chi connectivity index (χ2v) is 6.45. The Labute approximate surface area is 132 Å². The van der Waals surface area contributed by atoms with Crippen LogP contribution in [-0.2, 0) is 6.42 Å². The van der Waals surface area contributed by atoms with Crippen LogP contribution >= 0.6 is 22.6 Å². The van der Waals surface area contributed by atoms with E-state index in [0.29, 0.717) is 11.8 Å². The van der Waals surface area contributed by atoms with Crippen molar-refractivity contribution in [1.82, 2.24) is 15.5 Å². The molecule has 1 N–H and O–H groups in total. The van der Waals surface area contributed by atoms with Gasteiger partial charge in [-0.2, -0.15) is 4.98 Å². The molecule has 1 atom stereocenters. The minimum Gasteiger partial charge on any atom is -0.334 e. The lowest BCUT2D eigenvalue weighted by Crippen LogP contribution is -2.31. The summed E-state index contributed by atoms with van der Waals surface area (Å²) in [5.41, 5.74) is 2.27. The van der Waals surface area contributed by atoms with Crippen molar-refractivity contribution >= 4 is 22.6 Å². The molecule has 2 heterocycles. The van der Waals surface area contributed by atoms with Gasteiger partial charge in [-0.1, -0.05) is 17.3 Å². The van der Waals surface area contributed by atoms with Gasteiger partial charge in [-0.3, -0.25) is 0 Å². The molecule has 20 heavy (non-hydrogen) atoms. The van der Waals surface area contributed by atoms with E-state index in [1.54, 1.807) is 0 Å². The molecular formula is C15H18IN3O. The number of nitrogens with zero attached hydrogens (tertiary/aromatic N) is 2. The second-order valence-electron chi connectivity index (χ2n) is 5.37. The van der Waals surface area contributed by atoms with Crippen LogP contribution in [0.5, 0.6) is 0 Å². The molecule has 1 saturated heterocycles. The van der Waals surface area contributed by atoms with Crippen LogP contribution in [0.3, 0.4) is 0 Å². The van der Waals surface area contributed by atoms with Gasteiger partial charge in [0.25, 0.3) is 5.89 Å². The number of hydrogen-bond acceptors (Lipinski definition) is 4. The molecule has 0 aliphatic carbocycles. The van der Waals surface area contributed by atoms with Crippen molar-refractivity contribution in [2.24, 2.45) is 5.92 Å². The Morgan fingerprint density at radius 3 is 3.15 bits per heavy atom. The molecule has 4 nitrogen and oxygen atoms in total. The van der Waals surface area contributed by atoms with Gasteiger partial charge in [-0.05, 0) is 73.0 Å². The number of piperidine rings is 1. The molecule has 1 aromatic heterocycles. The molecule has 106 valence electrons. The quantitative estimate of drug-likeness (QED) is 0.828. The first-order chi connectivity index (χ1) is 9.74. The molecule has 1 aromatic carbocycles. The number of aryl methyl sites for hydroxylation is 1. The van der Waals surface area contributed by atoms with Crippen LogP contribution in [0.25, 0.3) is 11.5 Å². The summed E-state index contributed by atoms with van der Waals surface area (Å²) in [5, 5.41) is 7.56. The molecule has 0 spiro atoms.